The van der Waals surface area contributed by atoms with Crippen LogP contribution in [0.25, 0.3) is 0 Å². The Kier molecular flexibility index (Phi) is 5.38. The highest BCUT2D eigenvalue weighted by Gasteiger charge is 2.24. The zero-order chi connectivity index (χ0) is 19.7. The van der Waals surface area contributed by atoms with Gasteiger partial charge in [0.05, 0.1) is 37.3 Å². The van der Waals surface area contributed by atoms with Gasteiger partial charge in [-0.1, -0.05) is 20.8 Å². The standard InChI is InChI=1S/C21H31N5O2/c1-21(2,3)19-4-5-20(27)26(23-19)13-16-6-8-24(9-7-16)14-17-12-22-25-10-11-28-15-18(17)25/h4-5,12,16H,6-11,13-15H2,1-3H3. The fraction of sp³-hybridized carbons (Fsp3) is 0.667. The highest BCUT2D eigenvalue weighted by Crippen LogP contribution is 2.23. The van der Waals surface area contributed by atoms with Crippen molar-refractivity contribution in [2.24, 2.45) is 5.92 Å². The molecule has 1 saturated heterocycles. The van der Waals surface area contributed by atoms with E-state index in [0.29, 0.717) is 19.1 Å². The lowest BCUT2D eigenvalue weighted by atomic mass is 9.92. The maximum Gasteiger partial charge on any atom is 0.266 e. The molecule has 7 heteroatoms. The maximum atomic E-state index is 12.3. The van der Waals surface area contributed by atoms with Gasteiger partial charge in [-0.05, 0) is 37.9 Å². The van der Waals surface area contributed by atoms with Crippen LogP contribution < -0.4 is 5.56 Å². The first-order valence-electron chi connectivity index (χ1n) is 10.3. The fourth-order valence-electron chi connectivity index (χ4n) is 4.05. The maximum absolute atomic E-state index is 12.3. The zero-order valence-electron chi connectivity index (χ0n) is 17.2. The van der Waals surface area contributed by atoms with Crippen molar-refractivity contribution in [3.8, 4) is 0 Å². The van der Waals surface area contributed by atoms with E-state index in [1.165, 1.54) is 11.3 Å². The second-order valence-corrected chi connectivity index (χ2v) is 9.10. The van der Waals surface area contributed by atoms with E-state index in [9.17, 15) is 4.79 Å². The van der Waals surface area contributed by atoms with E-state index < -0.39 is 0 Å². The molecule has 2 aromatic heterocycles. The van der Waals surface area contributed by atoms with Crippen LogP contribution in [-0.4, -0.2) is 44.2 Å². The SMILES string of the molecule is CC(C)(C)c1ccc(=O)n(CC2CCN(Cc3cnn4c3COCC4)CC2)n1. The van der Waals surface area contributed by atoms with Gasteiger partial charge in [0.2, 0.25) is 0 Å². The van der Waals surface area contributed by atoms with Crippen molar-refractivity contribution in [1.29, 1.82) is 0 Å². The predicted molar refractivity (Wildman–Crippen MR) is 107 cm³/mol. The smallest absolute Gasteiger partial charge is 0.266 e. The van der Waals surface area contributed by atoms with E-state index in [1.54, 1.807) is 10.7 Å². The molecule has 1 fully saturated rings. The Bertz CT molecular complexity index is 872. The van der Waals surface area contributed by atoms with Crippen molar-refractivity contribution in [2.75, 3.05) is 19.7 Å². The lowest BCUT2D eigenvalue weighted by molar-refractivity contribution is 0.0782. The van der Waals surface area contributed by atoms with E-state index >= 15 is 0 Å². The average Bonchev–Trinajstić information content (AvgIpc) is 3.07. The molecule has 7 nitrogen and oxygen atoms in total. The highest BCUT2D eigenvalue weighted by atomic mass is 16.5. The molecule has 4 rings (SSSR count). The van der Waals surface area contributed by atoms with Crippen LogP contribution in [0, 0.1) is 5.92 Å². The minimum absolute atomic E-state index is 0.00180. The Labute approximate surface area is 166 Å². The summed E-state index contributed by atoms with van der Waals surface area (Å²) in [5, 5.41) is 9.13. The predicted octanol–water partition coefficient (Wildman–Crippen LogP) is 2.18. The number of hydrogen-bond acceptors (Lipinski definition) is 5. The molecule has 0 atom stereocenters. The lowest BCUT2D eigenvalue weighted by Crippen LogP contribution is -2.37. The third-order valence-electron chi connectivity index (χ3n) is 5.89. The van der Waals surface area contributed by atoms with Crippen LogP contribution in [-0.2, 0) is 36.4 Å². The first kappa shape index (κ1) is 19.3. The molecule has 0 saturated carbocycles. The summed E-state index contributed by atoms with van der Waals surface area (Å²) in [6, 6.07) is 3.52. The average molecular weight is 386 g/mol. The third kappa shape index (κ3) is 4.20. The summed E-state index contributed by atoms with van der Waals surface area (Å²) >= 11 is 0. The van der Waals surface area contributed by atoms with Gasteiger partial charge in [0.25, 0.3) is 5.56 Å². The number of likely N-dealkylation sites (tertiary alicyclic amines) is 1. The summed E-state index contributed by atoms with van der Waals surface area (Å²) in [6.07, 6.45) is 4.18. The monoisotopic (exact) mass is 385 g/mol. The van der Waals surface area contributed by atoms with Gasteiger partial charge in [0.1, 0.15) is 0 Å². The van der Waals surface area contributed by atoms with Gasteiger partial charge < -0.3 is 4.74 Å². The van der Waals surface area contributed by atoms with Crippen LogP contribution in [0.15, 0.2) is 23.1 Å². The van der Waals surface area contributed by atoms with E-state index in [4.69, 9.17) is 4.74 Å². The van der Waals surface area contributed by atoms with Crippen LogP contribution >= 0.6 is 0 Å². The van der Waals surface area contributed by atoms with Crippen molar-refractivity contribution in [3.63, 3.8) is 0 Å². The van der Waals surface area contributed by atoms with Crippen molar-refractivity contribution in [1.82, 2.24) is 24.5 Å². The first-order chi connectivity index (χ1) is 13.4. The van der Waals surface area contributed by atoms with Crippen LogP contribution in [0.2, 0.25) is 0 Å². The quantitative estimate of drug-likeness (QED) is 0.807. The van der Waals surface area contributed by atoms with Gasteiger partial charge in [-0.3, -0.25) is 14.4 Å². The number of aromatic nitrogens is 4. The summed E-state index contributed by atoms with van der Waals surface area (Å²) < 4.78 is 9.34. The van der Waals surface area contributed by atoms with Gasteiger partial charge in [0, 0.05) is 30.1 Å². The summed E-state index contributed by atoms with van der Waals surface area (Å²) in [5.74, 6) is 0.501. The Hall–Kier alpha value is -1.99. The van der Waals surface area contributed by atoms with Crippen molar-refractivity contribution >= 4 is 0 Å². The third-order valence-corrected chi connectivity index (χ3v) is 5.89. The minimum atomic E-state index is -0.0484. The molecule has 0 N–H and O–H groups in total. The second-order valence-electron chi connectivity index (χ2n) is 9.10. The Morgan fingerprint density at radius 1 is 1.18 bits per heavy atom. The molecule has 2 aromatic rings. The Morgan fingerprint density at radius 2 is 1.96 bits per heavy atom. The summed E-state index contributed by atoms with van der Waals surface area (Å²) in [7, 11) is 0. The van der Waals surface area contributed by atoms with E-state index in [1.807, 2.05) is 12.3 Å². The molecular weight excluding hydrogens is 354 g/mol. The molecule has 152 valence electrons. The van der Waals surface area contributed by atoms with E-state index in [2.05, 4.69) is 40.6 Å². The van der Waals surface area contributed by atoms with Crippen molar-refractivity contribution in [3.05, 3.63) is 45.6 Å². The van der Waals surface area contributed by atoms with Gasteiger partial charge >= 0.3 is 0 Å². The molecule has 0 aromatic carbocycles. The van der Waals surface area contributed by atoms with Crippen LogP contribution in [0.4, 0.5) is 0 Å². The first-order valence-corrected chi connectivity index (χ1v) is 10.3. The highest BCUT2D eigenvalue weighted by molar-refractivity contribution is 5.18. The zero-order valence-corrected chi connectivity index (χ0v) is 17.2. The summed E-state index contributed by atoms with van der Waals surface area (Å²) in [4.78, 5) is 14.7. The van der Waals surface area contributed by atoms with E-state index in [-0.39, 0.29) is 11.0 Å². The van der Waals surface area contributed by atoms with Gasteiger partial charge in [-0.2, -0.15) is 10.2 Å². The molecule has 0 amide bonds. The molecule has 28 heavy (non-hydrogen) atoms. The molecular formula is C21H31N5O2. The number of ether oxygens (including phenoxy) is 1. The molecule has 2 aliphatic heterocycles. The Morgan fingerprint density at radius 3 is 2.71 bits per heavy atom. The minimum Gasteiger partial charge on any atom is -0.373 e. The van der Waals surface area contributed by atoms with Gasteiger partial charge in [-0.25, -0.2) is 4.68 Å². The fourth-order valence-corrected chi connectivity index (χ4v) is 4.05. The molecule has 4 heterocycles. The van der Waals surface area contributed by atoms with Crippen LogP contribution in [0.3, 0.4) is 0 Å². The largest absolute Gasteiger partial charge is 0.373 e. The number of fused-ring (bicyclic) bond motifs is 1. The summed E-state index contributed by atoms with van der Waals surface area (Å²) in [6.45, 7) is 12.4. The second kappa shape index (κ2) is 7.79. The van der Waals surface area contributed by atoms with E-state index in [0.717, 1.165) is 51.3 Å². The number of nitrogens with zero attached hydrogens (tertiary/aromatic N) is 5. The Balaban J connectivity index is 1.35. The molecule has 0 radical (unpaired) electrons. The van der Waals surface area contributed by atoms with Crippen molar-refractivity contribution in [2.45, 2.75) is 65.3 Å². The summed E-state index contributed by atoms with van der Waals surface area (Å²) in [5.41, 5.74) is 3.43. The molecule has 0 bridgehead atoms. The topological polar surface area (TPSA) is 65.2 Å². The number of rotatable bonds is 4. The number of hydrogen-bond donors (Lipinski definition) is 0. The molecule has 2 aliphatic rings. The van der Waals surface area contributed by atoms with Gasteiger partial charge in [0.15, 0.2) is 0 Å². The van der Waals surface area contributed by atoms with Crippen molar-refractivity contribution < 1.29 is 4.74 Å². The van der Waals surface area contributed by atoms with Gasteiger partial charge in [-0.15, -0.1) is 0 Å². The van der Waals surface area contributed by atoms with Crippen LogP contribution in [0.5, 0.6) is 0 Å². The number of piperidine rings is 1. The molecule has 0 aliphatic carbocycles. The molecule has 0 unspecified atom stereocenters. The lowest BCUT2D eigenvalue weighted by Gasteiger charge is -2.32. The normalized spacial score (nSPS) is 19.0. The molecule has 0 spiro atoms. The van der Waals surface area contributed by atoms with Crippen LogP contribution in [0.1, 0.15) is 50.6 Å².